The average molecular weight is 235 g/mol. The Hall–Kier alpha value is -1.62. The third kappa shape index (κ3) is 2.55. The summed E-state index contributed by atoms with van der Waals surface area (Å²) in [5.74, 6) is 0. The first-order valence-corrected chi connectivity index (χ1v) is 5.76. The van der Waals surface area contributed by atoms with E-state index in [-0.39, 0.29) is 10.6 Å². The number of aryl methyl sites for hydroxylation is 1. The SMILES string of the molecule is Cc1ccc(N2CCN(C)CC2)c([N+](=O)[O-])c1. The highest BCUT2D eigenvalue weighted by Gasteiger charge is 2.22. The highest BCUT2D eigenvalue weighted by Crippen LogP contribution is 2.29. The van der Waals surface area contributed by atoms with Gasteiger partial charge in [0.1, 0.15) is 5.69 Å². The lowest BCUT2D eigenvalue weighted by Crippen LogP contribution is -2.44. The number of hydrogen-bond acceptors (Lipinski definition) is 4. The predicted molar refractivity (Wildman–Crippen MR) is 67.5 cm³/mol. The third-order valence-corrected chi connectivity index (χ3v) is 3.17. The van der Waals surface area contributed by atoms with Crippen LogP contribution in [-0.2, 0) is 0 Å². The fourth-order valence-electron chi connectivity index (χ4n) is 2.09. The molecule has 0 unspecified atom stereocenters. The van der Waals surface area contributed by atoms with Gasteiger partial charge in [0, 0.05) is 32.2 Å². The summed E-state index contributed by atoms with van der Waals surface area (Å²) in [6.07, 6.45) is 0. The number of nitro benzene ring substituents is 1. The van der Waals surface area contributed by atoms with Crippen LogP contribution in [0.5, 0.6) is 0 Å². The lowest BCUT2D eigenvalue weighted by Gasteiger charge is -2.33. The lowest BCUT2D eigenvalue weighted by molar-refractivity contribution is -0.384. The summed E-state index contributed by atoms with van der Waals surface area (Å²) in [6.45, 7) is 5.47. The van der Waals surface area contributed by atoms with Gasteiger partial charge in [-0.05, 0) is 25.6 Å². The summed E-state index contributed by atoms with van der Waals surface area (Å²) in [5, 5.41) is 11.0. The Morgan fingerprint density at radius 1 is 1.24 bits per heavy atom. The van der Waals surface area contributed by atoms with Crippen LogP contribution in [0, 0.1) is 17.0 Å². The smallest absolute Gasteiger partial charge is 0.292 e. The number of anilines is 1. The number of rotatable bonds is 2. The molecule has 1 aromatic carbocycles. The summed E-state index contributed by atoms with van der Waals surface area (Å²) in [6, 6.07) is 5.44. The molecule has 0 N–H and O–H groups in total. The molecule has 0 aliphatic carbocycles. The Kier molecular flexibility index (Phi) is 3.28. The Bertz CT molecular complexity index is 426. The molecular formula is C12H17N3O2. The van der Waals surface area contributed by atoms with E-state index in [0.717, 1.165) is 37.4 Å². The first-order valence-electron chi connectivity index (χ1n) is 5.76. The van der Waals surface area contributed by atoms with Crippen molar-refractivity contribution in [1.29, 1.82) is 0 Å². The van der Waals surface area contributed by atoms with Crippen molar-refractivity contribution in [2.24, 2.45) is 0 Å². The Morgan fingerprint density at radius 2 is 1.88 bits per heavy atom. The molecule has 17 heavy (non-hydrogen) atoms. The van der Waals surface area contributed by atoms with Gasteiger partial charge in [-0.15, -0.1) is 0 Å². The first-order chi connectivity index (χ1) is 8.08. The molecule has 1 fully saturated rings. The zero-order valence-corrected chi connectivity index (χ0v) is 10.2. The Labute approximate surface area is 101 Å². The molecule has 0 atom stereocenters. The molecule has 0 amide bonds. The van der Waals surface area contributed by atoms with Crippen molar-refractivity contribution in [3.8, 4) is 0 Å². The zero-order chi connectivity index (χ0) is 12.4. The molecule has 1 aromatic rings. The van der Waals surface area contributed by atoms with Gasteiger partial charge >= 0.3 is 0 Å². The van der Waals surface area contributed by atoms with Gasteiger partial charge in [-0.25, -0.2) is 0 Å². The second kappa shape index (κ2) is 4.71. The van der Waals surface area contributed by atoms with Gasteiger partial charge in [0.25, 0.3) is 5.69 Å². The van der Waals surface area contributed by atoms with Crippen molar-refractivity contribution in [1.82, 2.24) is 4.90 Å². The molecule has 5 nitrogen and oxygen atoms in total. The molecule has 92 valence electrons. The van der Waals surface area contributed by atoms with Crippen molar-refractivity contribution in [2.75, 3.05) is 38.1 Å². The number of piperazine rings is 1. The second-order valence-electron chi connectivity index (χ2n) is 4.54. The quantitative estimate of drug-likeness (QED) is 0.578. The van der Waals surface area contributed by atoms with Crippen molar-refractivity contribution in [3.63, 3.8) is 0 Å². The van der Waals surface area contributed by atoms with Gasteiger partial charge in [-0.3, -0.25) is 10.1 Å². The largest absolute Gasteiger partial charge is 0.363 e. The molecule has 0 spiro atoms. The van der Waals surface area contributed by atoms with Crippen LogP contribution < -0.4 is 4.90 Å². The standard InChI is InChI=1S/C12H17N3O2/c1-10-3-4-11(12(9-10)15(16)17)14-7-5-13(2)6-8-14/h3-4,9H,5-8H2,1-2H3. The number of hydrogen-bond donors (Lipinski definition) is 0. The molecule has 5 heteroatoms. The van der Waals surface area contributed by atoms with Crippen LogP contribution in [0.4, 0.5) is 11.4 Å². The molecule has 2 rings (SSSR count). The normalized spacial score (nSPS) is 17.2. The second-order valence-corrected chi connectivity index (χ2v) is 4.54. The van der Waals surface area contributed by atoms with Crippen LogP contribution in [0.2, 0.25) is 0 Å². The summed E-state index contributed by atoms with van der Waals surface area (Å²) in [5.41, 5.74) is 1.89. The fraction of sp³-hybridized carbons (Fsp3) is 0.500. The van der Waals surface area contributed by atoms with E-state index >= 15 is 0 Å². The maximum atomic E-state index is 11.0. The number of nitro groups is 1. The molecule has 1 aliphatic rings. The molecule has 0 saturated carbocycles. The van der Waals surface area contributed by atoms with Crippen molar-refractivity contribution >= 4 is 11.4 Å². The van der Waals surface area contributed by atoms with Crippen LogP contribution in [0.3, 0.4) is 0 Å². The van der Waals surface area contributed by atoms with E-state index in [1.165, 1.54) is 0 Å². The van der Waals surface area contributed by atoms with Crippen molar-refractivity contribution in [2.45, 2.75) is 6.92 Å². The van der Waals surface area contributed by atoms with E-state index in [1.807, 2.05) is 19.1 Å². The van der Waals surface area contributed by atoms with Gasteiger partial charge < -0.3 is 9.80 Å². The predicted octanol–water partition coefficient (Wildman–Crippen LogP) is 1.66. The summed E-state index contributed by atoms with van der Waals surface area (Å²) in [7, 11) is 2.07. The molecule has 1 aliphatic heterocycles. The minimum absolute atomic E-state index is 0.217. The summed E-state index contributed by atoms with van der Waals surface area (Å²) in [4.78, 5) is 15.1. The minimum atomic E-state index is -0.291. The van der Waals surface area contributed by atoms with Gasteiger partial charge in [-0.2, -0.15) is 0 Å². The number of benzene rings is 1. The van der Waals surface area contributed by atoms with Crippen LogP contribution in [-0.4, -0.2) is 43.0 Å². The zero-order valence-electron chi connectivity index (χ0n) is 10.2. The van der Waals surface area contributed by atoms with Crippen molar-refractivity contribution < 1.29 is 4.92 Å². The maximum absolute atomic E-state index is 11.0. The van der Waals surface area contributed by atoms with Crippen LogP contribution in [0.25, 0.3) is 0 Å². The van der Waals surface area contributed by atoms with Gasteiger partial charge in [0.2, 0.25) is 0 Å². The molecular weight excluding hydrogens is 218 g/mol. The third-order valence-electron chi connectivity index (χ3n) is 3.17. The molecule has 0 bridgehead atoms. The number of likely N-dealkylation sites (N-methyl/N-ethyl adjacent to an activating group) is 1. The van der Waals surface area contributed by atoms with Crippen LogP contribution in [0.1, 0.15) is 5.56 Å². The van der Waals surface area contributed by atoms with E-state index in [9.17, 15) is 10.1 Å². The van der Waals surface area contributed by atoms with Crippen LogP contribution >= 0.6 is 0 Å². The average Bonchev–Trinajstić information content (AvgIpc) is 2.30. The summed E-state index contributed by atoms with van der Waals surface area (Å²) >= 11 is 0. The monoisotopic (exact) mass is 235 g/mol. The first kappa shape index (κ1) is 11.9. The van der Waals surface area contributed by atoms with E-state index in [2.05, 4.69) is 16.8 Å². The van der Waals surface area contributed by atoms with Gasteiger partial charge in [0.05, 0.1) is 4.92 Å². The molecule has 0 aromatic heterocycles. The lowest BCUT2D eigenvalue weighted by atomic mass is 10.1. The topological polar surface area (TPSA) is 49.6 Å². The van der Waals surface area contributed by atoms with Crippen LogP contribution in [0.15, 0.2) is 18.2 Å². The van der Waals surface area contributed by atoms with E-state index in [1.54, 1.807) is 6.07 Å². The number of nitrogens with zero attached hydrogens (tertiary/aromatic N) is 3. The molecule has 1 heterocycles. The van der Waals surface area contributed by atoms with Gasteiger partial charge in [0.15, 0.2) is 0 Å². The van der Waals surface area contributed by atoms with E-state index in [0.29, 0.717) is 0 Å². The Morgan fingerprint density at radius 3 is 2.47 bits per heavy atom. The van der Waals surface area contributed by atoms with E-state index < -0.39 is 0 Å². The van der Waals surface area contributed by atoms with Gasteiger partial charge in [-0.1, -0.05) is 6.07 Å². The Balaban J connectivity index is 2.28. The highest BCUT2D eigenvalue weighted by atomic mass is 16.6. The molecule has 0 radical (unpaired) electrons. The van der Waals surface area contributed by atoms with E-state index in [4.69, 9.17) is 0 Å². The summed E-state index contributed by atoms with van der Waals surface area (Å²) < 4.78 is 0. The molecule has 1 saturated heterocycles. The minimum Gasteiger partial charge on any atom is -0.363 e. The van der Waals surface area contributed by atoms with Crippen molar-refractivity contribution in [3.05, 3.63) is 33.9 Å². The maximum Gasteiger partial charge on any atom is 0.292 e. The highest BCUT2D eigenvalue weighted by molar-refractivity contribution is 5.64. The fourth-order valence-corrected chi connectivity index (χ4v) is 2.09.